The molecule has 0 aromatic heterocycles. The lowest BCUT2D eigenvalue weighted by molar-refractivity contribution is -0.138. The SMILES string of the molecule is C=CCN1C(=O)C(CC2C=C(C)N(C3=CC=CCC3)C2C)C(C(=O)OC)=C1C. The quantitative estimate of drug-likeness (QED) is 0.516. The zero-order valence-corrected chi connectivity index (χ0v) is 17.3. The third kappa shape index (κ3) is 3.46. The molecule has 3 aliphatic rings. The van der Waals surface area contributed by atoms with Crippen LogP contribution in [0.3, 0.4) is 0 Å². The summed E-state index contributed by atoms with van der Waals surface area (Å²) < 4.78 is 4.99. The zero-order chi connectivity index (χ0) is 20.4. The fraction of sp³-hybridized carbons (Fsp3) is 0.478. The van der Waals surface area contributed by atoms with Crippen LogP contribution in [0.25, 0.3) is 0 Å². The Kier molecular flexibility index (Phi) is 5.92. The molecular formula is C23H30N2O3. The van der Waals surface area contributed by atoms with Gasteiger partial charge in [0.1, 0.15) is 0 Å². The average molecular weight is 383 g/mol. The maximum absolute atomic E-state index is 13.1. The molecule has 2 heterocycles. The van der Waals surface area contributed by atoms with Crippen LogP contribution in [-0.2, 0) is 14.3 Å². The lowest BCUT2D eigenvalue weighted by atomic mass is 9.86. The van der Waals surface area contributed by atoms with Crippen LogP contribution in [0.5, 0.6) is 0 Å². The van der Waals surface area contributed by atoms with Crippen LogP contribution in [0.4, 0.5) is 0 Å². The molecule has 0 fully saturated rings. The van der Waals surface area contributed by atoms with Crippen molar-refractivity contribution in [3.8, 4) is 0 Å². The van der Waals surface area contributed by atoms with Crippen molar-refractivity contribution in [2.24, 2.45) is 11.8 Å². The Morgan fingerprint density at radius 1 is 1.39 bits per heavy atom. The van der Waals surface area contributed by atoms with Gasteiger partial charge in [-0.1, -0.05) is 24.3 Å². The second kappa shape index (κ2) is 8.21. The summed E-state index contributed by atoms with van der Waals surface area (Å²) >= 11 is 0. The van der Waals surface area contributed by atoms with Crippen LogP contribution in [0, 0.1) is 11.8 Å². The van der Waals surface area contributed by atoms with Crippen molar-refractivity contribution in [1.29, 1.82) is 0 Å². The Labute approximate surface area is 167 Å². The van der Waals surface area contributed by atoms with Crippen LogP contribution in [0.15, 0.2) is 59.6 Å². The maximum atomic E-state index is 13.1. The minimum absolute atomic E-state index is 0.0330. The van der Waals surface area contributed by atoms with Crippen molar-refractivity contribution in [3.05, 3.63) is 59.6 Å². The van der Waals surface area contributed by atoms with Gasteiger partial charge in [0.25, 0.3) is 0 Å². The Hall–Kier alpha value is -2.56. The van der Waals surface area contributed by atoms with E-state index in [1.54, 1.807) is 11.0 Å². The summed E-state index contributed by atoms with van der Waals surface area (Å²) in [6.45, 7) is 10.3. The van der Waals surface area contributed by atoms with Gasteiger partial charge in [-0.25, -0.2) is 4.79 Å². The Morgan fingerprint density at radius 2 is 2.14 bits per heavy atom. The van der Waals surface area contributed by atoms with E-state index in [4.69, 9.17) is 4.74 Å². The number of carbonyl (C=O) groups is 2. The Balaban J connectivity index is 1.84. The molecule has 5 heteroatoms. The number of amides is 1. The molecular weight excluding hydrogens is 352 g/mol. The molecule has 0 N–H and O–H groups in total. The number of carbonyl (C=O) groups excluding carboxylic acids is 2. The number of esters is 1. The van der Waals surface area contributed by atoms with Crippen molar-refractivity contribution in [2.45, 2.75) is 46.1 Å². The molecule has 0 saturated carbocycles. The number of allylic oxidation sites excluding steroid dienone is 6. The Bertz CT molecular complexity index is 803. The largest absolute Gasteiger partial charge is 0.466 e. The molecule has 0 aromatic carbocycles. The highest BCUT2D eigenvalue weighted by Crippen LogP contribution is 2.41. The molecule has 0 spiro atoms. The predicted molar refractivity (Wildman–Crippen MR) is 110 cm³/mol. The fourth-order valence-electron chi connectivity index (χ4n) is 4.71. The summed E-state index contributed by atoms with van der Waals surface area (Å²) in [5.41, 5.74) is 3.71. The van der Waals surface area contributed by atoms with E-state index in [1.165, 1.54) is 18.5 Å². The standard InChI is InChI=1S/C23H30N2O3/c1-6-12-24-17(4)21(23(27)28-5)20(22(24)26)14-18-13-15(2)25(16(18)3)19-10-8-7-9-11-19/h6-8,10,13,16,18,20H,1,9,11-12,14H2,2-5H3. The van der Waals surface area contributed by atoms with E-state index in [-0.39, 0.29) is 17.9 Å². The van der Waals surface area contributed by atoms with Crippen LogP contribution < -0.4 is 0 Å². The van der Waals surface area contributed by atoms with Gasteiger partial charge in [0.15, 0.2) is 0 Å². The molecule has 150 valence electrons. The van der Waals surface area contributed by atoms with E-state index in [2.05, 4.69) is 49.6 Å². The topological polar surface area (TPSA) is 49.9 Å². The maximum Gasteiger partial charge on any atom is 0.336 e. The predicted octanol–water partition coefficient (Wildman–Crippen LogP) is 3.93. The molecule has 3 atom stereocenters. The molecule has 3 unspecified atom stereocenters. The minimum Gasteiger partial charge on any atom is -0.466 e. The summed E-state index contributed by atoms with van der Waals surface area (Å²) in [4.78, 5) is 29.5. The first-order chi connectivity index (χ1) is 13.4. The van der Waals surface area contributed by atoms with Crippen molar-refractivity contribution in [3.63, 3.8) is 0 Å². The third-order valence-electron chi connectivity index (χ3n) is 6.10. The normalized spacial score (nSPS) is 27.3. The summed E-state index contributed by atoms with van der Waals surface area (Å²) in [5, 5.41) is 0. The van der Waals surface area contributed by atoms with Crippen LogP contribution in [-0.4, -0.2) is 41.4 Å². The first-order valence-corrected chi connectivity index (χ1v) is 9.95. The molecule has 1 aliphatic carbocycles. The lowest BCUT2D eigenvalue weighted by Crippen LogP contribution is -2.34. The van der Waals surface area contributed by atoms with Gasteiger partial charge in [0.05, 0.1) is 18.6 Å². The van der Waals surface area contributed by atoms with Gasteiger partial charge in [0.2, 0.25) is 5.91 Å². The summed E-state index contributed by atoms with van der Waals surface area (Å²) in [7, 11) is 1.37. The van der Waals surface area contributed by atoms with E-state index in [9.17, 15) is 9.59 Å². The highest BCUT2D eigenvalue weighted by molar-refractivity contribution is 6.02. The summed E-state index contributed by atoms with van der Waals surface area (Å²) in [6, 6.07) is 0.248. The summed E-state index contributed by atoms with van der Waals surface area (Å²) in [6.07, 6.45) is 13.1. The number of nitrogens with zero attached hydrogens (tertiary/aromatic N) is 2. The van der Waals surface area contributed by atoms with Crippen LogP contribution in [0.1, 0.15) is 40.0 Å². The van der Waals surface area contributed by atoms with E-state index in [0.29, 0.717) is 24.2 Å². The van der Waals surface area contributed by atoms with Crippen molar-refractivity contribution < 1.29 is 14.3 Å². The number of ether oxygens (including phenoxy) is 1. The highest BCUT2D eigenvalue weighted by atomic mass is 16.5. The summed E-state index contributed by atoms with van der Waals surface area (Å²) in [5.74, 6) is -0.721. The van der Waals surface area contributed by atoms with Crippen molar-refractivity contribution in [2.75, 3.05) is 13.7 Å². The molecule has 0 aromatic rings. The van der Waals surface area contributed by atoms with Gasteiger partial charge in [-0.2, -0.15) is 0 Å². The number of rotatable bonds is 6. The second-order valence-electron chi connectivity index (χ2n) is 7.72. The molecule has 2 aliphatic heterocycles. The van der Waals surface area contributed by atoms with Crippen LogP contribution >= 0.6 is 0 Å². The zero-order valence-electron chi connectivity index (χ0n) is 17.3. The highest BCUT2D eigenvalue weighted by Gasteiger charge is 2.44. The van der Waals surface area contributed by atoms with Gasteiger partial charge in [-0.3, -0.25) is 4.79 Å². The Morgan fingerprint density at radius 3 is 2.75 bits per heavy atom. The van der Waals surface area contributed by atoms with Crippen LogP contribution in [0.2, 0.25) is 0 Å². The molecule has 3 rings (SSSR count). The van der Waals surface area contributed by atoms with E-state index in [1.807, 2.05) is 6.92 Å². The number of hydrogen-bond acceptors (Lipinski definition) is 4. The molecule has 28 heavy (non-hydrogen) atoms. The minimum atomic E-state index is -0.468. The fourth-order valence-corrected chi connectivity index (χ4v) is 4.71. The van der Waals surface area contributed by atoms with Gasteiger partial charge in [-0.15, -0.1) is 6.58 Å². The van der Waals surface area contributed by atoms with E-state index < -0.39 is 11.9 Å². The lowest BCUT2D eigenvalue weighted by Gasteiger charge is -2.32. The monoisotopic (exact) mass is 382 g/mol. The van der Waals surface area contributed by atoms with Gasteiger partial charge in [-0.05, 0) is 46.1 Å². The van der Waals surface area contributed by atoms with Gasteiger partial charge < -0.3 is 14.5 Å². The average Bonchev–Trinajstić information content (AvgIpc) is 3.10. The molecule has 0 bridgehead atoms. The number of hydrogen-bond donors (Lipinski definition) is 0. The second-order valence-corrected chi connectivity index (χ2v) is 7.72. The van der Waals surface area contributed by atoms with Crippen molar-refractivity contribution >= 4 is 11.9 Å². The first-order valence-electron chi connectivity index (χ1n) is 9.95. The van der Waals surface area contributed by atoms with Gasteiger partial charge in [0, 0.05) is 35.6 Å². The molecule has 0 saturated heterocycles. The smallest absolute Gasteiger partial charge is 0.336 e. The molecule has 5 nitrogen and oxygen atoms in total. The van der Waals surface area contributed by atoms with Crippen molar-refractivity contribution in [1.82, 2.24) is 9.80 Å². The van der Waals surface area contributed by atoms with E-state index in [0.717, 1.165) is 12.8 Å². The molecule has 0 radical (unpaired) electrons. The molecule has 1 amide bonds. The first kappa shape index (κ1) is 20.2. The third-order valence-corrected chi connectivity index (χ3v) is 6.10. The van der Waals surface area contributed by atoms with E-state index >= 15 is 0 Å². The number of methoxy groups -OCH3 is 1. The van der Waals surface area contributed by atoms with Gasteiger partial charge >= 0.3 is 5.97 Å².